The molecule has 1 N–H and O–H groups in total. The number of rotatable bonds is 3. The molecule has 5 heteroatoms. The van der Waals surface area contributed by atoms with Crippen LogP contribution in [0.2, 0.25) is 0 Å². The number of benzene rings is 2. The van der Waals surface area contributed by atoms with Crippen molar-refractivity contribution in [2.75, 3.05) is 10.2 Å². The quantitative estimate of drug-likeness (QED) is 0.626. The number of hydrogen-bond donors (Lipinski definition) is 1. The van der Waals surface area contributed by atoms with Crippen LogP contribution >= 0.6 is 0 Å². The van der Waals surface area contributed by atoms with Crippen LogP contribution in [-0.2, 0) is 9.59 Å². The second kappa shape index (κ2) is 7.32. The SMILES string of the molecule is CC1=CC[C@@H]2C(=O)N(c3cccc(C(=O)Nc4ccc(C)cc4C)c3)C(=O)[C@@H]2C1. The number of allylic oxidation sites excluding steroid dienone is 2. The lowest BCUT2D eigenvalue weighted by molar-refractivity contribution is -0.122. The summed E-state index contributed by atoms with van der Waals surface area (Å²) >= 11 is 0. The Kier molecular flexibility index (Phi) is 4.82. The van der Waals surface area contributed by atoms with Crippen LogP contribution in [0, 0.1) is 25.7 Å². The highest BCUT2D eigenvalue weighted by Crippen LogP contribution is 2.39. The molecule has 0 saturated carbocycles. The molecule has 1 saturated heterocycles. The van der Waals surface area contributed by atoms with Gasteiger partial charge in [-0.3, -0.25) is 19.3 Å². The zero-order valence-corrected chi connectivity index (χ0v) is 16.9. The van der Waals surface area contributed by atoms with E-state index in [-0.39, 0.29) is 29.6 Å². The van der Waals surface area contributed by atoms with Gasteiger partial charge in [0.25, 0.3) is 5.91 Å². The first-order chi connectivity index (χ1) is 13.8. The zero-order valence-electron chi connectivity index (χ0n) is 16.9. The van der Waals surface area contributed by atoms with Crippen molar-refractivity contribution < 1.29 is 14.4 Å². The molecule has 3 amide bonds. The molecule has 1 aliphatic carbocycles. The number of carbonyl (C=O) groups is 3. The largest absolute Gasteiger partial charge is 0.322 e. The van der Waals surface area contributed by atoms with Crippen LogP contribution in [0.15, 0.2) is 54.1 Å². The molecule has 29 heavy (non-hydrogen) atoms. The van der Waals surface area contributed by atoms with E-state index in [2.05, 4.69) is 5.32 Å². The van der Waals surface area contributed by atoms with Gasteiger partial charge in [0, 0.05) is 11.3 Å². The van der Waals surface area contributed by atoms with E-state index in [1.807, 2.05) is 45.0 Å². The van der Waals surface area contributed by atoms with Crippen molar-refractivity contribution in [3.05, 3.63) is 70.8 Å². The lowest BCUT2D eigenvalue weighted by Gasteiger charge is -2.18. The van der Waals surface area contributed by atoms with Crippen LogP contribution in [0.4, 0.5) is 11.4 Å². The van der Waals surface area contributed by atoms with Crippen LogP contribution in [0.1, 0.15) is 41.3 Å². The Labute approximate surface area is 170 Å². The predicted octanol–water partition coefficient (Wildman–Crippen LogP) is 4.40. The van der Waals surface area contributed by atoms with Crippen molar-refractivity contribution in [3.63, 3.8) is 0 Å². The highest BCUT2D eigenvalue weighted by Gasteiger charge is 2.48. The summed E-state index contributed by atoms with van der Waals surface area (Å²) in [5.74, 6) is -1.19. The Hall–Kier alpha value is -3.21. The predicted molar refractivity (Wildman–Crippen MR) is 113 cm³/mol. The van der Waals surface area contributed by atoms with Gasteiger partial charge >= 0.3 is 0 Å². The molecule has 4 rings (SSSR count). The molecule has 2 aromatic carbocycles. The molecule has 0 spiro atoms. The molecular weight excluding hydrogens is 364 g/mol. The molecule has 148 valence electrons. The van der Waals surface area contributed by atoms with Crippen LogP contribution in [-0.4, -0.2) is 17.7 Å². The monoisotopic (exact) mass is 388 g/mol. The number of imide groups is 1. The second-order valence-electron chi connectivity index (χ2n) is 8.04. The molecule has 1 fully saturated rings. The number of fused-ring (bicyclic) bond motifs is 1. The first kappa shape index (κ1) is 19.1. The van der Waals surface area contributed by atoms with Crippen molar-refractivity contribution in [2.45, 2.75) is 33.6 Å². The fourth-order valence-corrected chi connectivity index (χ4v) is 4.23. The summed E-state index contributed by atoms with van der Waals surface area (Å²) < 4.78 is 0. The van der Waals surface area contributed by atoms with E-state index in [1.54, 1.807) is 24.3 Å². The molecule has 5 nitrogen and oxygen atoms in total. The normalized spacial score (nSPS) is 21.1. The summed E-state index contributed by atoms with van der Waals surface area (Å²) in [7, 11) is 0. The molecule has 1 aliphatic heterocycles. The molecule has 1 heterocycles. The fourth-order valence-electron chi connectivity index (χ4n) is 4.23. The lowest BCUT2D eigenvalue weighted by Crippen LogP contribution is -2.31. The van der Waals surface area contributed by atoms with Crippen molar-refractivity contribution in [1.82, 2.24) is 0 Å². The van der Waals surface area contributed by atoms with E-state index in [9.17, 15) is 14.4 Å². The summed E-state index contributed by atoms with van der Waals surface area (Å²) in [6.07, 6.45) is 3.27. The van der Waals surface area contributed by atoms with Crippen molar-refractivity contribution in [2.24, 2.45) is 11.8 Å². The average Bonchev–Trinajstić information content (AvgIpc) is 2.94. The molecule has 0 bridgehead atoms. The first-order valence-electron chi connectivity index (χ1n) is 9.87. The van der Waals surface area contributed by atoms with Gasteiger partial charge in [0.1, 0.15) is 0 Å². The van der Waals surface area contributed by atoms with Crippen LogP contribution in [0.3, 0.4) is 0 Å². The highest BCUT2D eigenvalue weighted by atomic mass is 16.2. The average molecular weight is 388 g/mol. The van der Waals surface area contributed by atoms with Crippen LogP contribution in [0.25, 0.3) is 0 Å². The number of nitrogens with one attached hydrogen (secondary N) is 1. The third kappa shape index (κ3) is 3.48. The van der Waals surface area contributed by atoms with E-state index >= 15 is 0 Å². The Morgan fingerprint density at radius 2 is 1.76 bits per heavy atom. The van der Waals surface area contributed by atoms with Gasteiger partial charge in [0.15, 0.2) is 0 Å². The summed E-state index contributed by atoms with van der Waals surface area (Å²) in [5, 5.41) is 2.91. The number of hydrogen-bond acceptors (Lipinski definition) is 3. The fraction of sp³-hybridized carbons (Fsp3) is 0.292. The number of aryl methyl sites for hydroxylation is 2. The summed E-state index contributed by atoms with van der Waals surface area (Å²) in [6, 6.07) is 12.5. The van der Waals surface area contributed by atoms with E-state index in [0.29, 0.717) is 24.1 Å². The molecule has 0 unspecified atom stereocenters. The van der Waals surface area contributed by atoms with Gasteiger partial charge in [-0.25, -0.2) is 0 Å². The maximum Gasteiger partial charge on any atom is 0.255 e. The molecule has 0 aromatic heterocycles. The minimum atomic E-state index is -0.293. The van der Waals surface area contributed by atoms with E-state index in [0.717, 1.165) is 22.4 Å². The number of carbonyl (C=O) groups excluding carboxylic acids is 3. The Morgan fingerprint density at radius 3 is 2.52 bits per heavy atom. The van der Waals surface area contributed by atoms with Gasteiger partial charge in [-0.2, -0.15) is 0 Å². The standard InChI is InChI=1S/C24H24N2O3/c1-14-8-10-21(16(3)11-14)25-22(27)17-5-4-6-18(13-17)26-23(28)19-9-7-15(2)12-20(19)24(26)29/h4-8,10-11,13,19-20H,9,12H2,1-3H3,(H,25,27)/t19-,20+/m0/s1. The van der Waals surface area contributed by atoms with E-state index in [1.165, 1.54) is 4.90 Å². The van der Waals surface area contributed by atoms with Crippen LogP contribution < -0.4 is 10.2 Å². The smallest absolute Gasteiger partial charge is 0.255 e. The van der Waals surface area contributed by atoms with Gasteiger partial charge in [-0.05, 0) is 63.4 Å². The maximum atomic E-state index is 12.9. The Balaban J connectivity index is 1.58. The summed E-state index contributed by atoms with van der Waals surface area (Å²) in [6.45, 7) is 5.94. The van der Waals surface area contributed by atoms with Gasteiger partial charge in [0.2, 0.25) is 11.8 Å². The second-order valence-corrected chi connectivity index (χ2v) is 8.04. The number of nitrogens with zero attached hydrogens (tertiary/aromatic N) is 1. The molecule has 2 aliphatic rings. The lowest BCUT2D eigenvalue weighted by atomic mass is 9.82. The van der Waals surface area contributed by atoms with Gasteiger partial charge in [-0.15, -0.1) is 0 Å². The molecule has 0 radical (unpaired) electrons. The van der Waals surface area contributed by atoms with Crippen molar-refractivity contribution >= 4 is 29.1 Å². The van der Waals surface area contributed by atoms with Crippen molar-refractivity contribution in [3.8, 4) is 0 Å². The molecule has 2 atom stereocenters. The maximum absolute atomic E-state index is 12.9. The van der Waals surface area contributed by atoms with E-state index < -0.39 is 0 Å². The molecule has 2 aromatic rings. The van der Waals surface area contributed by atoms with Crippen molar-refractivity contribution in [1.29, 1.82) is 0 Å². The van der Waals surface area contributed by atoms with Gasteiger partial charge in [0.05, 0.1) is 17.5 Å². The minimum absolute atomic E-state index is 0.167. The number of amides is 3. The van der Waals surface area contributed by atoms with Gasteiger partial charge < -0.3 is 5.32 Å². The first-order valence-corrected chi connectivity index (χ1v) is 9.87. The topological polar surface area (TPSA) is 66.5 Å². The van der Waals surface area contributed by atoms with Gasteiger partial charge in [-0.1, -0.05) is 35.4 Å². The molecular formula is C24H24N2O3. The third-order valence-electron chi connectivity index (χ3n) is 5.82. The number of anilines is 2. The summed E-state index contributed by atoms with van der Waals surface area (Å²) in [5.41, 5.74) is 4.86. The third-order valence-corrected chi connectivity index (χ3v) is 5.82. The highest BCUT2D eigenvalue weighted by molar-refractivity contribution is 6.22. The Morgan fingerprint density at radius 1 is 1.00 bits per heavy atom. The van der Waals surface area contributed by atoms with E-state index in [4.69, 9.17) is 0 Å². The minimum Gasteiger partial charge on any atom is -0.322 e. The zero-order chi connectivity index (χ0) is 20.7. The van der Waals surface area contributed by atoms with Crippen LogP contribution in [0.5, 0.6) is 0 Å². The summed E-state index contributed by atoms with van der Waals surface area (Å²) in [4.78, 5) is 39.8. The Bertz CT molecular complexity index is 1050.